The molecule has 0 atom stereocenters. The molecule has 6 heteroatoms. The summed E-state index contributed by atoms with van der Waals surface area (Å²) < 4.78 is 7.22. The first-order valence-electron chi connectivity index (χ1n) is 8.42. The minimum atomic E-state index is -0.202. The Labute approximate surface area is 146 Å². The first kappa shape index (κ1) is 15.8. The molecule has 0 unspecified atom stereocenters. The van der Waals surface area contributed by atoms with Gasteiger partial charge in [0.15, 0.2) is 0 Å². The maximum Gasteiger partial charge on any atom is 0.275 e. The highest BCUT2D eigenvalue weighted by molar-refractivity contribution is 6.03. The molecule has 1 aromatic carbocycles. The Morgan fingerprint density at radius 3 is 2.88 bits per heavy atom. The van der Waals surface area contributed by atoms with Gasteiger partial charge in [0, 0.05) is 37.7 Å². The van der Waals surface area contributed by atoms with Crippen molar-refractivity contribution in [2.75, 3.05) is 31.6 Å². The van der Waals surface area contributed by atoms with Crippen molar-refractivity contribution in [1.82, 2.24) is 14.3 Å². The number of fused-ring (bicyclic) bond motifs is 1. The summed E-state index contributed by atoms with van der Waals surface area (Å²) in [5.41, 5.74) is 3.13. The Morgan fingerprint density at radius 2 is 2.04 bits per heavy atom. The van der Waals surface area contributed by atoms with Crippen LogP contribution in [0.3, 0.4) is 0 Å². The van der Waals surface area contributed by atoms with Crippen molar-refractivity contribution in [3.63, 3.8) is 0 Å². The van der Waals surface area contributed by atoms with Gasteiger partial charge in [-0.25, -0.2) is 4.98 Å². The molecule has 128 valence electrons. The first-order valence-corrected chi connectivity index (χ1v) is 8.42. The number of pyridine rings is 1. The van der Waals surface area contributed by atoms with E-state index in [4.69, 9.17) is 4.74 Å². The van der Waals surface area contributed by atoms with Crippen molar-refractivity contribution in [3.8, 4) is 0 Å². The summed E-state index contributed by atoms with van der Waals surface area (Å²) in [4.78, 5) is 19.2. The molecule has 0 bridgehead atoms. The monoisotopic (exact) mass is 336 g/mol. The molecule has 3 heterocycles. The minimum absolute atomic E-state index is 0.202. The number of carbonyl (C=O) groups excluding carboxylic acids is 1. The fraction of sp³-hybridized carbons (Fsp3) is 0.263. The van der Waals surface area contributed by atoms with E-state index in [0.29, 0.717) is 5.69 Å². The van der Waals surface area contributed by atoms with Gasteiger partial charge in [0.05, 0.1) is 13.2 Å². The van der Waals surface area contributed by atoms with Crippen LogP contribution in [0.4, 0.5) is 5.69 Å². The second kappa shape index (κ2) is 7.04. The second-order valence-corrected chi connectivity index (χ2v) is 6.14. The number of morpholine rings is 1. The standard InChI is InChI=1S/C19H20N4O2/c24-19(17-14-23-7-2-1-6-18(23)21-17)20-16-5-3-4-15(12-16)13-22-8-10-25-11-9-22/h1-7,12,14H,8-11,13H2,(H,20,24). The maximum absolute atomic E-state index is 12.5. The van der Waals surface area contributed by atoms with E-state index < -0.39 is 0 Å². The van der Waals surface area contributed by atoms with Gasteiger partial charge in [0.2, 0.25) is 0 Å². The number of imidazole rings is 1. The molecule has 0 aliphatic carbocycles. The average molecular weight is 336 g/mol. The molecule has 1 fully saturated rings. The molecule has 2 aromatic heterocycles. The summed E-state index contributed by atoms with van der Waals surface area (Å²) in [6, 6.07) is 13.6. The number of benzene rings is 1. The van der Waals surface area contributed by atoms with E-state index >= 15 is 0 Å². The van der Waals surface area contributed by atoms with E-state index in [0.717, 1.165) is 44.2 Å². The molecule has 0 spiro atoms. The molecule has 1 saturated heterocycles. The summed E-state index contributed by atoms with van der Waals surface area (Å²) in [7, 11) is 0. The molecule has 1 aliphatic heterocycles. The number of rotatable bonds is 4. The Hall–Kier alpha value is -2.70. The van der Waals surface area contributed by atoms with Gasteiger partial charge in [-0.1, -0.05) is 18.2 Å². The fourth-order valence-electron chi connectivity index (χ4n) is 3.00. The lowest BCUT2D eigenvalue weighted by atomic mass is 10.2. The van der Waals surface area contributed by atoms with E-state index in [-0.39, 0.29) is 5.91 Å². The van der Waals surface area contributed by atoms with E-state index in [1.54, 1.807) is 6.20 Å². The number of ether oxygens (including phenoxy) is 1. The summed E-state index contributed by atoms with van der Waals surface area (Å²) >= 11 is 0. The highest BCUT2D eigenvalue weighted by atomic mass is 16.5. The van der Waals surface area contributed by atoms with Crippen LogP contribution in [-0.2, 0) is 11.3 Å². The number of aromatic nitrogens is 2. The smallest absolute Gasteiger partial charge is 0.275 e. The van der Waals surface area contributed by atoms with Crippen LogP contribution in [0.15, 0.2) is 54.9 Å². The largest absolute Gasteiger partial charge is 0.379 e. The molecule has 0 radical (unpaired) electrons. The number of amides is 1. The number of hydrogen-bond donors (Lipinski definition) is 1. The third-order valence-corrected chi connectivity index (χ3v) is 4.29. The lowest BCUT2D eigenvalue weighted by Crippen LogP contribution is -2.35. The van der Waals surface area contributed by atoms with Crippen molar-refractivity contribution < 1.29 is 9.53 Å². The zero-order chi connectivity index (χ0) is 17.1. The number of nitrogens with zero attached hydrogens (tertiary/aromatic N) is 3. The maximum atomic E-state index is 12.5. The van der Waals surface area contributed by atoms with E-state index in [1.807, 2.05) is 47.0 Å². The van der Waals surface area contributed by atoms with E-state index in [1.165, 1.54) is 5.56 Å². The minimum Gasteiger partial charge on any atom is -0.379 e. The molecule has 6 nitrogen and oxygen atoms in total. The van der Waals surface area contributed by atoms with Gasteiger partial charge in [-0.15, -0.1) is 0 Å². The van der Waals surface area contributed by atoms with Crippen LogP contribution >= 0.6 is 0 Å². The van der Waals surface area contributed by atoms with E-state index in [9.17, 15) is 4.79 Å². The van der Waals surface area contributed by atoms with Crippen molar-refractivity contribution in [3.05, 3.63) is 66.1 Å². The van der Waals surface area contributed by atoms with Crippen molar-refractivity contribution in [2.45, 2.75) is 6.54 Å². The van der Waals surface area contributed by atoms with Gasteiger partial charge >= 0.3 is 0 Å². The lowest BCUT2D eigenvalue weighted by Gasteiger charge is -2.26. The SMILES string of the molecule is O=C(Nc1cccc(CN2CCOCC2)c1)c1cn2ccccc2n1. The zero-order valence-corrected chi connectivity index (χ0v) is 13.9. The molecular formula is C19H20N4O2. The molecular weight excluding hydrogens is 316 g/mol. The van der Waals surface area contributed by atoms with Crippen LogP contribution < -0.4 is 5.32 Å². The highest BCUT2D eigenvalue weighted by Gasteiger charge is 2.13. The molecule has 0 saturated carbocycles. The Balaban J connectivity index is 1.46. The summed E-state index contributed by atoms with van der Waals surface area (Å²) in [5.74, 6) is -0.202. The Kier molecular flexibility index (Phi) is 4.45. The number of nitrogens with one attached hydrogen (secondary N) is 1. The molecule has 1 amide bonds. The zero-order valence-electron chi connectivity index (χ0n) is 13.9. The number of hydrogen-bond acceptors (Lipinski definition) is 4. The van der Waals surface area contributed by atoms with Gasteiger partial charge in [0.1, 0.15) is 11.3 Å². The van der Waals surface area contributed by atoms with Crippen molar-refractivity contribution in [1.29, 1.82) is 0 Å². The van der Waals surface area contributed by atoms with E-state index in [2.05, 4.69) is 21.3 Å². The normalized spacial score (nSPS) is 15.4. The number of carbonyl (C=O) groups is 1. The van der Waals surface area contributed by atoms with Crippen LogP contribution in [0.25, 0.3) is 5.65 Å². The average Bonchev–Trinajstić information content (AvgIpc) is 3.07. The van der Waals surface area contributed by atoms with Crippen molar-refractivity contribution in [2.24, 2.45) is 0 Å². The summed E-state index contributed by atoms with van der Waals surface area (Å²) in [6.45, 7) is 4.31. The third-order valence-electron chi connectivity index (χ3n) is 4.29. The summed E-state index contributed by atoms with van der Waals surface area (Å²) in [5, 5.41) is 2.94. The molecule has 3 aromatic rings. The van der Waals surface area contributed by atoms with Crippen LogP contribution in [0.1, 0.15) is 16.1 Å². The van der Waals surface area contributed by atoms with Crippen molar-refractivity contribution >= 4 is 17.2 Å². The third kappa shape index (κ3) is 3.70. The van der Waals surface area contributed by atoms with Gasteiger partial charge in [-0.2, -0.15) is 0 Å². The van der Waals surface area contributed by atoms with Gasteiger partial charge < -0.3 is 14.5 Å². The predicted octanol–water partition coefficient (Wildman–Crippen LogP) is 2.42. The van der Waals surface area contributed by atoms with Gasteiger partial charge in [-0.3, -0.25) is 9.69 Å². The Morgan fingerprint density at radius 1 is 1.16 bits per heavy atom. The van der Waals surface area contributed by atoms with Crippen LogP contribution in [-0.4, -0.2) is 46.5 Å². The predicted molar refractivity (Wildman–Crippen MR) is 95.7 cm³/mol. The number of anilines is 1. The van der Waals surface area contributed by atoms with Crippen LogP contribution in [0, 0.1) is 0 Å². The summed E-state index contributed by atoms with van der Waals surface area (Å²) in [6.07, 6.45) is 3.62. The molecule has 1 aliphatic rings. The molecule has 25 heavy (non-hydrogen) atoms. The highest BCUT2D eigenvalue weighted by Crippen LogP contribution is 2.15. The van der Waals surface area contributed by atoms with Gasteiger partial charge in [0.25, 0.3) is 5.91 Å². The molecule has 4 rings (SSSR count). The second-order valence-electron chi connectivity index (χ2n) is 6.14. The van der Waals surface area contributed by atoms with Crippen LogP contribution in [0.5, 0.6) is 0 Å². The topological polar surface area (TPSA) is 58.9 Å². The first-order chi connectivity index (χ1) is 12.3. The quantitative estimate of drug-likeness (QED) is 0.795. The van der Waals surface area contributed by atoms with Crippen LogP contribution in [0.2, 0.25) is 0 Å². The lowest BCUT2D eigenvalue weighted by molar-refractivity contribution is 0.0342. The Bertz CT molecular complexity index is 851. The molecule has 1 N–H and O–H groups in total. The fourth-order valence-corrected chi connectivity index (χ4v) is 3.00. The van der Waals surface area contributed by atoms with Gasteiger partial charge in [-0.05, 0) is 29.8 Å².